The predicted molar refractivity (Wildman–Crippen MR) is 124 cm³/mol. The third-order valence-electron chi connectivity index (χ3n) is 6.57. The van der Waals surface area contributed by atoms with E-state index < -0.39 is 20.7 Å². The molecule has 3 aliphatic heterocycles. The van der Waals surface area contributed by atoms with Crippen LogP contribution in [0.2, 0.25) is 0 Å². The fraction of sp³-hybridized carbons (Fsp3) is 0.348. The normalized spacial score (nSPS) is 21.4. The molecule has 0 aromatic carbocycles. The van der Waals surface area contributed by atoms with E-state index in [9.17, 15) is 20.2 Å². The molecule has 33 heavy (non-hydrogen) atoms. The van der Waals surface area contributed by atoms with Crippen molar-refractivity contribution >= 4 is 23.2 Å². The molecule has 0 fully saturated rings. The van der Waals surface area contributed by atoms with Gasteiger partial charge in [-0.2, -0.15) is 4.99 Å². The Balaban J connectivity index is 1.67. The van der Waals surface area contributed by atoms with Gasteiger partial charge in [-0.05, 0) is 56.9 Å². The van der Waals surface area contributed by atoms with Gasteiger partial charge in [-0.3, -0.25) is 10.1 Å². The van der Waals surface area contributed by atoms with Gasteiger partial charge in [0.15, 0.2) is 0 Å². The minimum absolute atomic E-state index is 0.0214. The van der Waals surface area contributed by atoms with Crippen LogP contribution >= 0.6 is 0 Å². The van der Waals surface area contributed by atoms with Crippen molar-refractivity contribution in [1.82, 2.24) is 4.90 Å². The van der Waals surface area contributed by atoms with E-state index in [0.717, 1.165) is 22.5 Å². The largest absolute Gasteiger partial charge is 0.503 e. The van der Waals surface area contributed by atoms with Crippen LogP contribution in [0.15, 0.2) is 69.6 Å². The van der Waals surface area contributed by atoms with Crippen molar-refractivity contribution < 1.29 is 14.4 Å². The maximum atomic E-state index is 11.3. The van der Waals surface area contributed by atoms with E-state index >= 15 is 0 Å². The van der Waals surface area contributed by atoms with Gasteiger partial charge in [0, 0.05) is 22.5 Å². The maximum absolute atomic E-state index is 11.3. The van der Waals surface area contributed by atoms with Gasteiger partial charge >= 0.3 is 17.5 Å². The summed E-state index contributed by atoms with van der Waals surface area (Å²) < 4.78 is 1.50. The molecule has 0 unspecified atom stereocenters. The molecule has 0 radical (unpaired) electrons. The number of nitrogens with zero attached hydrogens (tertiary/aromatic N) is 6. The highest BCUT2D eigenvalue weighted by Gasteiger charge is 2.44. The summed E-state index contributed by atoms with van der Waals surface area (Å²) in [6.07, 6.45) is 8.89. The zero-order chi connectivity index (χ0) is 24.3. The van der Waals surface area contributed by atoms with E-state index in [4.69, 9.17) is 0 Å². The molecule has 1 aromatic heterocycles. The molecule has 0 bridgehead atoms. The first-order chi connectivity index (χ1) is 15.4. The van der Waals surface area contributed by atoms with Crippen molar-refractivity contribution in [3.05, 3.63) is 85.4 Å². The van der Waals surface area contributed by atoms with Gasteiger partial charge in [-0.15, -0.1) is 4.57 Å². The number of aliphatic imine (C=N–C) groups is 2. The summed E-state index contributed by atoms with van der Waals surface area (Å²) in [7, 11) is 3.28. The number of hydrogen-bond donors (Lipinski definition) is 0. The molecule has 0 saturated carbocycles. The first-order valence-corrected chi connectivity index (χ1v) is 10.4. The van der Waals surface area contributed by atoms with Crippen LogP contribution in [0.1, 0.15) is 33.3 Å². The van der Waals surface area contributed by atoms with Gasteiger partial charge in [-0.1, -0.05) is 6.08 Å². The minimum Gasteiger partial charge on any atom is -0.358 e. The van der Waals surface area contributed by atoms with Crippen LogP contribution < -0.4 is 4.57 Å². The van der Waals surface area contributed by atoms with Gasteiger partial charge in [0.1, 0.15) is 12.0 Å². The van der Waals surface area contributed by atoms with Crippen LogP contribution in [0, 0.1) is 25.6 Å². The lowest BCUT2D eigenvalue weighted by Crippen LogP contribution is -2.34. The van der Waals surface area contributed by atoms with Crippen molar-refractivity contribution in [2.45, 2.75) is 33.1 Å². The maximum Gasteiger partial charge on any atom is 0.503 e. The number of pyridine rings is 1. The summed E-state index contributed by atoms with van der Waals surface area (Å²) >= 11 is 0. The van der Waals surface area contributed by atoms with Crippen LogP contribution in [-0.2, 0) is 12.5 Å². The molecule has 0 saturated heterocycles. The number of amidine groups is 1. The molecule has 0 atom stereocenters. The number of nitro groups is 2. The number of allylic oxidation sites excluding steroid dienone is 6. The molecule has 0 amide bonds. The lowest BCUT2D eigenvalue weighted by Gasteiger charge is -2.24. The molecule has 0 N–H and O–H groups in total. The zero-order valence-electron chi connectivity index (χ0n) is 19.4. The fourth-order valence-electron chi connectivity index (χ4n) is 4.38. The Morgan fingerprint density at radius 1 is 1.03 bits per heavy atom. The Hall–Kier alpha value is -3.95. The van der Waals surface area contributed by atoms with Crippen LogP contribution in [0.25, 0.3) is 0 Å². The van der Waals surface area contributed by atoms with E-state index in [0.29, 0.717) is 11.7 Å². The number of likely N-dealkylation sites (N-methyl/N-ethyl adjacent to an activating group) is 1. The highest BCUT2D eigenvalue weighted by molar-refractivity contribution is 6.08. The summed E-state index contributed by atoms with van der Waals surface area (Å²) in [5.74, 6) is 1.09. The lowest BCUT2D eigenvalue weighted by atomic mass is 9.81. The summed E-state index contributed by atoms with van der Waals surface area (Å²) in [6, 6.07) is 3.26. The Labute approximate surface area is 191 Å². The second-order valence-electron chi connectivity index (χ2n) is 9.26. The van der Waals surface area contributed by atoms with E-state index in [1.165, 1.54) is 21.6 Å². The molecule has 170 valence electrons. The molecular weight excluding hydrogens is 424 g/mol. The van der Waals surface area contributed by atoms with Gasteiger partial charge in [0.25, 0.3) is 0 Å². The minimum atomic E-state index is -0.424. The van der Waals surface area contributed by atoms with E-state index in [2.05, 4.69) is 9.98 Å². The van der Waals surface area contributed by atoms with Crippen LogP contribution in [-0.4, -0.2) is 33.3 Å². The summed E-state index contributed by atoms with van der Waals surface area (Å²) in [5.41, 5.74) is 2.55. The summed E-state index contributed by atoms with van der Waals surface area (Å²) in [5, 5.41) is 22.6. The van der Waals surface area contributed by atoms with Crippen molar-refractivity contribution in [2.75, 3.05) is 7.05 Å². The summed E-state index contributed by atoms with van der Waals surface area (Å²) in [6.45, 7) is 8.11. The second-order valence-corrected chi connectivity index (χ2v) is 9.26. The molecule has 0 aliphatic carbocycles. The van der Waals surface area contributed by atoms with Crippen molar-refractivity contribution in [1.29, 1.82) is 0 Å². The average molecular weight is 449 g/mol. The van der Waals surface area contributed by atoms with E-state index in [-0.39, 0.29) is 11.6 Å². The molecule has 10 heteroatoms. The lowest BCUT2D eigenvalue weighted by molar-refractivity contribution is -0.705. The van der Waals surface area contributed by atoms with Crippen LogP contribution in [0.4, 0.5) is 11.6 Å². The van der Waals surface area contributed by atoms with Crippen molar-refractivity contribution in [3.63, 3.8) is 0 Å². The highest BCUT2D eigenvalue weighted by atomic mass is 16.6. The van der Waals surface area contributed by atoms with Gasteiger partial charge in [0.05, 0.1) is 30.1 Å². The SMILES string of the molecule is CN1C([N+](=O)[O-])=CC=C2C1=NC(=CC=CC1=Nc3c(ccc([N+](=O)[O-])[n+]3C)C1(C)C)C2(C)C. The van der Waals surface area contributed by atoms with Crippen molar-refractivity contribution in [2.24, 2.45) is 22.4 Å². The van der Waals surface area contributed by atoms with E-state index in [1.807, 2.05) is 45.9 Å². The molecule has 4 rings (SSSR count). The zero-order valence-corrected chi connectivity index (χ0v) is 19.4. The quantitative estimate of drug-likeness (QED) is 0.395. The van der Waals surface area contributed by atoms with Gasteiger partial charge < -0.3 is 10.1 Å². The Kier molecular flexibility index (Phi) is 4.92. The fourth-order valence-corrected chi connectivity index (χ4v) is 4.38. The Morgan fingerprint density at radius 3 is 2.36 bits per heavy atom. The Morgan fingerprint density at radius 2 is 1.73 bits per heavy atom. The first kappa shape index (κ1) is 22.3. The van der Waals surface area contributed by atoms with Gasteiger partial charge in [-0.25, -0.2) is 9.89 Å². The monoisotopic (exact) mass is 449 g/mol. The Bertz CT molecular complexity index is 1290. The standard InChI is InChI=1S/C23H25N6O4/c1-22(2)14-10-12-18(28(30)31)26(5)20(14)24-16(22)8-7-9-17-23(3,4)15-11-13-19(29(32)33)27(6)21(15)25-17/h7-13H,1-6H3/q+1. The molecule has 0 spiro atoms. The second kappa shape index (κ2) is 7.29. The topological polar surface area (TPSA) is 118 Å². The van der Waals surface area contributed by atoms with Gasteiger partial charge in [0.2, 0.25) is 5.84 Å². The molecule has 4 heterocycles. The molecular formula is C23H25N6O4+. The molecule has 1 aromatic rings. The van der Waals surface area contributed by atoms with E-state index in [1.54, 1.807) is 26.2 Å². The number of fused-ring (bicyclic) bond motifs is 2. The average Bonchev–Trinajstić information content (AvgIpc) is 3.13. The van der Waals surface area contributed by atoms with Crippen LogP contribution in [0.5, 0.6) is 0 Å². The number of aromatic nitrogens is 1. The van der Waals surface area contributed by atoms with Crippen LogP contribution in [0.3, 0.4) is 0 Å². The third-order valence-corrected chi connectivity index (χ3v) is 6.57. The highest BCUT2D eigenvalue weighted by Crippen LogP contribution is 2.45. The van der Waals surface area contributed by atoms with Crippen molar-refractivity contribution in [3.8, 4) is 0 Å². The molecule has 10 nitrogen and oxygen atoms in total. The first-order valence-electron chi connectivity index (χ1n) is 10.4. The summed E-state index contributed by atoms with van der Waals surface area (Å²) in [4.78, 5) is 32.6. The number of rotatable bonds is 4. The molecule has 3 aliphatic rings. The third kappa shape index (κ3) is 3.29. The number of hydrogen-bond acceptors (Lipinski definition) is 7. The predicted octanol–water partition coefficient (Wildman–Crippen LogP) is 3.65. The smallest absolute Gasteiger partial charge is 0.358 e.